The van der Waals surface area contributed by atoms with Gasteiger partial charge in [-0.15, -0.1) is 0 Å². The molecule has 3 saturated heterocycles. The first-order valence-electron chi connectivity index (χ1n) is 23.5. The summed E-state index contributed by atoms with van der Waals surface area (Å²) in [7, 11) is -4.25. The minimum Gasteiger partial charge on any atom is -0.481 e. The van der Waals surface area contributed by atoms with E-state index in [-0.39, 0.29) is 30.1 Å². The number of ether oxygens (including phenoxy) is 4. The fourth-order valence-corrected chi connectivity index (χ4v) is 11.5. The van der Waals surface area contributed by atoms with Crippen molar-refractivity contribution in [1.29, 1.82) is 0 Å². The molecule has 6 unspecified atom stereocenters. The molecule has 18 atom stereocenters. The Morgan fingerprint density at radius 1 is 0.671 bits per heavy atom. The van der Waals surface area contributed by atoms with Crippen LogP contribution in [0.5, 0.6) is 0 Å². The van der Waals surface area contributed by atoms with Crippen LogP contribution in [0.15, 0.2) is 102 Å². The number of β-lactam (4-membered cyclic amide) rings is 1. The lowest BCUT2D eigenvalue weighted by molar-refractivity contribution is -0.341. The first-order chi connectivity index (χ1) is 34.7. The number of aliphatic hydroxyl groups is 10. The number of aliphatic hydroxyl groups excluding tert-OH is 10. The Morgan fingerprint density at radius 2 is 1.23 bits per heavy atom. The summed E-state index contributed by atoms with van der Waals surface area (Å²) in [5, 5.41) is 114. The number of carboxylic acids is 1. The van der Waals surface area contributed by atoms with Crippen molar-refractivity contribution >= 4 is 27.4 Å². The highest BCUT2D eigenvalue weighted by Crippen LogP contribution is 2.47. The normalized spacial score (nSPS) is 34.3. The maximum absolute atomic E-state index is 14.1. The third-order valence-corrected chi connectivity index (χ3v) is 16.0. The summed E-state index contributed by atoms with van der Waals surface area (Å²) in [4.78, 5) is 27.3. The van der Waals surface area contributed by atoms with Gasteiger partial charge in [0.05, 0.1) is 60.1 Å². The van der Waals surface area contributed by atoms with Gasteiger partial charge in [-0.3, -0.25) is 9.59 Å². The molecule has 4 aliphatic rings. The van der Waals surface area contributed by atoms with Crippen molar-refractivity contribution in [2.24, 2.45) is 11.8 Å². The standard InChI is InChI=1S/C50H57F2NO19S/c51-27-9-5-25(6-10-27)33(69-34-19-32(49(65)66)39(56)43(60)40(34)57)18-17-31-38(53(48(31)64)29-13-11-28(52)12-14-29)26-3-1-23(2-4-26)24-7-15-30(16-8-24)73(67,68)22-37-42(59)45(62)47(36(21-55)70-37)72-50-46(63)44(61)41(58)35(20-54)71-50/h1-16,31-47,50,54-63H,17-22H2,(H,65,66)/t31-,32?,33+,34-,35?,36?,37+,38-,39+,40?,41+,42?,43+,44+,45-,46?,47+,50+/m1/s1. The summed E-state index contributed by atoms with van der Waals surface area (Å²) < 4.78 is 78.4. The predicted molar refractivity (Wildman–Crippen MR) is 247 cm³/mol. The highest BCUT2D eigenvalue weighted by Gasteiger charge is 2.52. The van der Waals surface area contributed by atoms with Gasteiger partial charge in [0.25, 0.3) is 0 Å². The zero-order valence-electron chi connectivity index (χ0n) is 38.7. The number of anilines is 1. The number of carboxylic acid groups (broad SMARTS) is 1. The van der Waals surface area contributed by atoms with Crippen LogP contribution in [0.2, 0.25) is 0 Å². The quantitative estimate of drug-likeness (QED) is 0.0614. The molecule has 396 valence electrons. The number of amides is 1. The lowest BCUT2D eigenvalue weighted by atomic mass is 9.77. The number of nitrogens with zero attached hydrogens (tertiary/aromatic N) is 1. The Morgan fingerprint density at radius 3 is 1.82 bits per heavy atom. The summed E-state index contributed by atoms with van der Waals surface area (Å²) in [6.45, 7) is -1.63. The zero-order chi connectivity index (χ0) is 52.6. The maximum atomic E-state index is 14.1. The van der Waals surface area contributed by atoms with Gasteiger partial charge in [0.15, 0.2) is 16.1 Å². The van der Waals surface area contributed by atoms with E-state index in [9.17, 15) is 83.0 Å². The summed E-state index contributed by atoms with van der Waals surface area (Å²) in [6, 6.07) is 22.8. The molecule has 0 bridgehead atoms. The number of halogens is 2. The zero-order valence-corrected chi connectivity index (χ0v) is 39.5. The second-order valence-corrected chi connectivity index (χ2v) is 20.8. The van der Waals surface area contributed by atoms with Crippen LogP contribution in [0.1, 0.15) is 42.5 Å². The number of hydrogen-bond donors (Lipinski definition) is 11. The van der Waals surface area contributed by atoms with Crippen molar-refractivity contribution in [3.05, 3.63) is 120 Å². The van der Waals surface area contributed by atoms with Gasteiger partial charge in [-0.2, -0.15) is 0 Å². The molecule has 11 N–H and O–H groups in total. The van der Waals surface area contributed by atoms with Gasteiger partial charge in [0.2, 0.25) is 5.91 Å². The fraction of sp³-hybridized carbons (Fsp3) is 0.480. The van der Waals surface area contributed by atoms with E-state index in [4.69, 9.17) is 18.9 Å². The Kier molecular flexibility index (Phi) is 16.7. The highest BCUT2D eigenvalue weighted by molar-refractivity contribution is 7.91. The number of aliphatic carboxylic acids is 1. The molecule has 8 rings (SSSR count). The lowest BCUT2D eigenvalue weighted by Gasteiger charge is -2.48. The molecule has 4 aromatic carbocycles. The van der Waals surface area contributed by atoms with Crippen LogP contribution in [0, 0.1) is 23.5 Å². The van der Waals surface area contributed by atoms with Crippen LogP contribution in [-0.2, 0) is 38.4 Å². The lowest BCUT2D eigenvalue weighted by Crippen LogP contribution is -2.65. The average Bonchev–Trinajstić information content (AvgIpc) is 3.38. The Balaban J connectivity index is 0.966. The number of benzene rings is 4. The molecule has 0 radical (unpaired) electrons. The van der Waals surface area contributed by atoms with Gasteiger partial charge in [0.1, 0.15) is 78.8 Å². The molecular formula is C50H57F2NO19S. The molecule has 1 saturated carbocycles. The third kappa shape index (κ3) is 11.2. The van der Waals surface area contributed by atoms with E-state index in [1.54, 1.807) is 24.3 Å². The van der Waals surface area contributed by atoms with E-state index < -0.39 is 156 Å². The summed E-state index contributed by atoms with van der Waals surface area (Å²) in [5.41, 5.74) is 2.72. The minimum atomic E-state index is -4.25. The summed E-state index contributed by atoms with van der Waals surface area (Å²) >= 11 is 0. The van der Waals surface area contributed by atoms with Crippen molar-refractivity contribution in [1.82, 2.24) is 0 Å². The monoisotopic (exact) mass is 1050 g/mol. The molecule has 4 fully saturated rings. The van der Waals surface area contributed by atoms with Gasteiger partial charge in [-0.05, 0) is 90.0 Å². The molecule has 4 aromatic rings. The molecule has 1 aliphatic carbocycles. The van der Waals surface area contributed by atoms with Crippen LogP contribution < -0.4 is 4.90 Å². The molecule has 3 aliphatic heterocycles. The summed E-state index contributed by atoms with van der Waals surface area (Å²) in [6.07, 6.45) is -24.6. The number of carbonyl (C=O) groups excluding carboxylic acids is 1. The van der Waals surface area contributed by atoms with Gasteiger partial charge in [0, 0.05) is 5.69 Å². The fourth-order valence-electron chi connectivity index (χ4n) is 10.0. The van der Waals surface area contributed by atoms with Crippen LogP contribution in [-0.4, -0.2) is 181 Å². The minimum absolute atomic E-state index is 0.0949. The number of hydrogen-bond acceptors (Lipinski definition) is 18. The smallest absolute Gasteiger partial charge is 0.309 e. The number of carbonyl (C=O) groups is 2. The second-order valence-electron chi connectivity index (χ2n) is 18.8. The SMILES string of the molecule is O=C(O)C1C[C@@H](O[C@@H](CC[C@H]2C(=O)N(c3ccc(F)cc3)[C@@H]2c2ccc(-c3ccc(S(=O)(=O)C[C@@H]4OC(CO)[C@H](O[C@@H]5OC(CO)[C@H](O)[C@H](O)C5O)[C@H](O)C4O)cc3)cc2)c2ccc(F)cc2)C(O)[C@@H](O)[C@H]1O. The molecule has 0 spiro atoms. The Hall–Kier alpha value is -4.93. The van der Waals surface area contributed by atoms with Crippen molar-refractivity contribution in [3.63, 3.8) is 0 Å². The molecule has 23 heteroatoms. The second kappa shape index (κ2) is 22.5. The van der Waals surface area contributed by atoms with Crippen LogP contribution in [0.3, 0.4) is 0 Å². The maximum Gasteiger partial charge on any atom is 0.309 e. The topological polar surface area (TPSA) is 331 Å². The van der Waals surface area contributed by atoms with Crippen molar-refractivity contribution in [2.75, 3.05) is 23.9 Å². The van der Waals surface area contributed by atoms with Crippen molar-refractivity contribution in [2.45, 2.75) is 122 Å². The van der Waals surface area contributed by atoms with E-state index in [0.29, 0.717) is 27.9 Å². The van der Waals surface area contributed by atoms with E-state index in [1.165, 1.54) is 77.7 Å². The average molecular weight is 1050 g/mol. The Labute approximate surface area is 416 Å². The van der Waals surface area contributed by atoms with Crippen LogP contribution >= 0.6 is 0 Å². The predicted octanol–water partition coefficient (Wildman–Crippen LogP) is -0.130. The van der Waals surface area contributed by atoms with E-state index in [2.05, 4.69) is 0 Å². The molecule has 0 aromatic heterocycles. The highest BCUT2D eigenvalue weighted by atomic mass is 32.2. The third-order valence-electron chi connectivity index (χ3n) is 14.2. The van der Waals surface area contributed by atoms with E-state index in [1.807, 2.05) is 0 Å². The number of rotatable bonds is 17. The first-order valence-corrected chi connectivity index (χ1v) is 25.2. The van der Waals surface area contributed by atoms with E-state index >= 15 is 0 Å². The molecule has 20 nitrogen and oxygen atoms in total. The first kappa shape index (κ1) is 54.3. The molecular weight excluding hydrogens is 989 g/mol. The Bertz CT molecular complexity index is 2630. The molecule has 3 heterocycles. The van der Waals surface area contributed by atoms with Crippen molar-refractivity contribution in [3.8, 4) is 11.1 Å². The van der Waals surface area contributed by atoms with E-state index in [0.717, 1.165) is 0 Å². The largest absolute Gasteiger partial charge is 0.481 e. The molecule has 1 amide bonds. The van der Waals surface area contributed by atoms with Crippen molar-refractivity contribution < 1.29 is 102 Å². The van der Waals surface area contributed by atoms with Crippen LogP contribution in [0.25, 0.3) is 11.1 Å². The van der Waals surface area contributed by atoms with Gasteiger partial charge in [-0.1, -0.05) is 48.5 Å². The van der Waals surface area contributed by atoms with Gasteiger partial charge < -0.3 is 80.0 Å². The van der Waals surface area contributed by atoms with Crippen LogP contribution in [0.4, 0.5) is 14.5 Å². The molecule has 73 heavy (non-hydrogen) atoms. The summed E-state index contributed by atoms with van der Waals surface area (Å²) in [5.74, 6) is -5.81. The number of sulfone groups is 1. The van der Waals surface area contributed by atoms with Gasteiger partial charge in [-0.25, -0.2) is 17.2 Å². The van der Waals surface area contributed by atoms with Gasteiger partial charge >= 0.3 is 5.97 Å².